The molecule has 0 unspecified atom stereocenters. The fourth-order valence-electron chi connectivity index (χ4n) is 2.68. The van der Waals surface area contributed by atoms with Gasteiger partial charge in [0.15, 0.2) is 0 Å². The Morgan fingerprint density at radius 1 is 1.44 bits per heavy atom. The predicted molar refractivity (Wildman–Crippen MR) is 97.6 cm³/mol. The van der Waals surface area contributed by atoms with Gasteiger partial charge in [-0.25, -0.2) is 0 Å². The Labute approximate surface area is 152 Å². The van der Waals surface area contributed by atoms with Gasteiger partial charge in [-0.05, 0) is 24.5 Å². The Hall–Kier alpha value is -2.26. The number of hydrogen-bond acceptors (Lipinski definition) is 5. The standard InChI is InChI=1S/C19H22N2O3S/c1-3-4-9-24-18(23)12-25-19-16(11-20)15(10-17(22)21-19)14-8-6-5-7-13(14)2/h5-8,15H,3-4,9-10,12H2,1-2H3,(H,21,22)/t15-/m0/s1. The van der Waals surface area contributed by atoms with Crippen LogP contribution < -0.4 is 5.32 Å². The Kier molecular flexibility index (Phi) is 7.08. The zero-order chi connectivity index (χ0) is 18.2. The monoisotopic (exact) mass is 358 g/mol. The third-order valence-corrected chi connectivity index (χ3v) is 5.01. The van der Waals surface area contributed by atoms with Crippen molar-refractivity contribution in [2.45, 2.75) is 39.0 Å². The molecule has 0 fully saturated rings. The maximum atomic E-state index is 12.1. The van der Waals surface area contributed by atoms with Crippen LogP contribution in [0, 0.1) is 18.3 Å². The van der Waals surface area contributed by atoms with Gasteiger partial charge in [0.25, 0.3) is 0 Å². The lowest BCUT2D eigenvalue weighted by molar-refractivity contribution is -0.140. The van der Waals surface area contributed by atoms with Gasteiger partial charge in [-0.15, -0.1) is 0 Å². The molecule has 0 saturated heterocycles. The summed E-state index contributed by atoms with van der Waals surface area (Å²) in [7, 11) is 0. The SMILES string of the molecule is CCCCOC(=O)CSC1=C(C#N)[C@H](c2ccccc2C)CC(=O)N1. The average molecular weight is 358 g/mol. The van der Waals surface area contributed by atoms with Crippen LogP contribution in [0.5, 0.6) is 0 Å². The number of carbonyl (C=O) groups is 2. The number of nitrogens with zero attached hydrogens (tertiary/aromatic N) is 1. The third kappa shape index (κ3) is 5.10. The lowest BCUT2D eigenvalue weighted by atomic mass is 9.85. The van der Waals surface area contributed by atoms with Gasteiger partial charge < -0.3 is 10.1 Å². The van der Waals surface area contributed by atoms with Crippen LogP contribution in [0.2, 0.25) is 0 Å². The first-order chi connectivity index (χ1) is 12.1. The van der Waals surface area contributed by atoms with Crippen molar-refractivity contribution in [3.63, 3.8) is 0 Å². The third-order valence-electron chi connectivity index (χ3n) is 4.02. The average Bonchev–Trinajstić information content (AvgIpc) is 2.60. The van der Waals surface area contributed by atoms with Gasteiger partial charge in [-0.3, -0.25) is 9.59 Å². The van der Waals surface area contributed by atoms with E-state index in [1.54, 1.807) is 0 Å². The van der Waals surface area contributed by atoms with Gasteiger partial charge in [-0.2, -0.15) is 5.26 Å². The molecular weight excluding hydrogens is 336 g/mol. The molecule has 0 aliphatic carbocycles. The molecule has 0 saturated carbocycles. The summed E-state index contributed by atoms with van der Waals surface area (Å²) in [4.78, 5) is 23.9. The molecule has 132 valence electrons. The number of ether oxygens (including phenoxy) is 1. The summed E-state index contributed by atoms with van der Waals surface area (Å²) in [6, 6.07) is 9.96. The smallest absolute Gasteiger partial charge is 0.316 e. The maximum absolute atomic E-state index is 12.1. The summed E-state index contributed by atoms with van der Waals surface area (Å²) in [5, 5.41) is 12.8. The van der Waals surface area contributed by atoms with E-state index in [9.17, 15) is 14.9 Å². The van der Waals surface area contributed by atoms with Crippen molar-refractivity contribution < 1.29 is 14.3 Å². The number of nitrogens with one attached hydrogen (secondary N) is 1. The number of aryl methyl sites for hydroxylation is 1. The van der Waals surface area contributed by atoms with Crippen LogP contribution >= 0.6 is 11.8 Å². The minimum atomic E-state index is -0.337. The van der Waals surface area contributed by atoms with Gasteiger partial charge in [-0.1, -0.05) is 49.4 Å². The van der Waals surface area contributed by atoms with E-state index in [-0.39, 0.29) is 30.0 Å². The van der Waals surface area contributed by atoms with Gasteiger partial charge >= 0.3 is 5.97 Å². The summed E-state index contributed by atoms with van der Waals surface area (Å²) in [5.74, 6) is -0.687. The second-order valence-electron chi connectivity index (χ2n) is 5.88. The van der Waals surface area contributed by atoms with E-state index < -0.39 is 0 Å². The Balaban J connectivity index is 2.16. The van der Waals surface area contributed by atoms with Crippen LogP contribution in [0.1, 0.15) is 43.2 Å². The number of carbonyl (C=O) groups excluding carboxylic acids is 2. The minimum absolute atomic E-state index is 0.0744. The summed E-state index contributed by atoms with van der Waals surface area (Å²) < 4.78 is 5.12. The van der Waals surface area contributed by atoms with Crippen LogP contribution in [-0.4, -0.2) is 24.2 Å². The van der Waals surface area contributed by atoms with Crippen molar-refractivity contribution in [3.8, 4) is 6.07 Å². The first-order valence-electron chi connectivity index (χ1n) is 8.34. The molecule has 1 heterocycles. The van der Waals surface area contributed by atoms with Crippen molar-refractivity contribution in [3.05, 3.63) is 46.0 Å². The molecular formula is C19H22N2O3S. The van der Waals surface area contributed by atoms with Crippen molar-refractivity contribution in [1.82, 2.24) is 5.32 Å². The molecule has 1 aromatic rings. The lowest BCUT2D eigenvalue weighted by Gasteiger charge is -2.26. The van der Waals surface area contributed by atoms with Crippen molar-refractivity contribution in [2.24, 2.45) is 0 Å². The highest BCUT2D eigenvalue weighted by molar-refractivity contribution is 8.03. The van der Waals surface area contributed by atoms with Crippen molar-refractivity contribution >= 4 is 23.6 Å². The molecule has 1 amide bonds. The molecule has 25 heavy (non-hydrogen) atoms. The predicted octanol–water partition coefficient (Wildman–Crippen LogP) is 3.41. The van der Waals surface area contributed by atoms with Gasteiger partial charge in [0.2, 0.25) is 5.91 Å². The molecule has 5 nitrogen and oxygen atoms in total. The van der Waals surface area contributed by atoms with E-state index in [0.29, 0.717) is 17.2 Å². The van der Waals surface area contributed by atoms with E-state index in [1.165, 1.54) is 0 Å². The van der Waals surface area contributed by atoms with E-state index in [4.69, 9.17) is 4.74 Å². The molecule has 1 aromatic carbocycles. The van der Waals surface area contributed by atoms with E-state index >= 15 is 0 Å². The molecule has 1 N–H and O–H groups in total. The highest BCUT2D eigenvalue weighted by Crippen LogP contribution is 2.37. The molecule has 6 heteroatoms. The van der Waals surface area contributed by atoms with E-state index in [2.05, 4.69) is 11.4 Å². The zero-order valence-corrected chi connectivity index (χ0v) is 15.3. The summed E-state index contributed by atoms with van der Waals surface area (Å²) in [5.41, 5.74) is 2.51. The molecule has 1 atom stereocenters. The number of allylic oxidation sites excluding steroid dienone is 1. The molecule has 0 bridgehead atoms. The van der Waals surface area contributed by atoms with Crippen LogP contribution in [0.3, 0.4) is 0 Å². The number of esters is 1. The summed E-state index contributed by atoms with van der Waals surface area (Å²) in [6.45, 7) is 4.39. The molecule has 0 aromatic heterocycles. The first-order valence-corrected chi connectivity index (χ1v) is 9.33. The van der Waals surface area contributed by atoms with Crippen molar-refractivity contribution in [1.29, 1.82) is 5.26 Å². The number of benzene rings is 1. The Morgan fingerprint density at radius 2 is 2.20 bits per heavy atom. The molecule has 1 aliphatic heterocycles. The number of nitriles is 1. The van der Waals surface area contributed by atoms with Gasteiger partial charge in [0.05, 0.1) is 29.0 Å². The number of amides is 1. The van der Waals surface area contributed by atoms with Crippen LogP contribution in [-0.2, 0) is 14.3 Å². The van der Waals surface area contributed by atoms with Gasteiger partial charge in [0.1, 0.15) is 0 Å². The number of thioether (sulfide) groups is 1. The molecule has 0 radical (unpaired) electrons. The van der Waals surface area contributed by atoms with E-state index in [0.717, 1.165) is 35.7 Å². The zero-order valence-electron chi connectivity index (χ0n) is 14.5. The van der Waals surface area contributed by atoms with E-state index in [1.807, 2.05) is 38.1 Å². The number of unbranched alkanes of at least 4 members (excludes halogenated alkanes) is 1. The Bertz CT molecular complexity index is 722. The molecule has 2 rings (SSSR count). The maximum Gasteiger partial charge on any atom is 0.316 e. The van der Waals surface area contributed by atoms with Crippen LogP contribution in [0.4, 0.5) is 0 Å². The fourth-order valence-corrected chi connectivity index (χ4v) is 3.55. The normalized spacial score (nSPS) is 17.0. The van der Waals surface area contributed by atoms with Gasteiger partial charge in [0, 0.05) is 12.3 Å². The van der Waals surface area contributed by atoms with Crippen LogP contribution in [0.15, 0.2) is 34.9 Å². The summed E-state index contributed by atoms with van der Waals surface area (Å²) in [6.07, 6.45) is 2.02. The Morgan fingerprint density at radius 3 is 2.88 bits per heavy atom. The number of hydrogen-bond donors (Lipinski definition) is 1. The minimum Gasteiger partial charge on any atom is -0.465 e. The first kappa shape index (κ1) is 19.1. The highest BCUT2D eigenvalue weighted by atomic mass is 32.2. The van der Waals surface area contributed by atoms with Crippen LogP contribution in [0.25, 0.3) is 0 Å². The lowest BCUT2D eigenvalue weighted by Crippen LogP contribution is -2.31. The second-order valence-corrected chi connectivity index (χ2v) is 6.86. The highest BCUT2D eigenvalue weighted by Gasteiger charge is 2.30. The summed E-state index contributed by atoms with van der Waals surface area (Å²) >= 11 is 1.15. The molecule has 0 spiro atoms. The largest absolute Gasteiger partial charge is 0.465 e. The second kappa shape index (κ2) is 9.28. The topological polar surface area (TPSA) is 79.2 Å². The number of rotatable bonds is 7. The van der Waals surface area contributed by atoms with Crippen molar-refractivity contribution in [2.75, 3.05) is 12.4 Å². The quantitative estimate of drug-likeness (QED) is 0.597. The fraction of sp³-hybridized carbons (Fsp3) is 0.421. The molecule has 1 aliphatic rings.